The Bertz CT molecular complexity index is 1150. The van der Waals surface area contributed by atoms with Crippen molar-refractivity contribution in [1.82, 2.24) is 24.4 Å². The van der Waals surface area contributed by atoms with Crippen LogP contribution in [0, 0.1) is 0 Å². The molecular formula is C24H27N7. The van der Waals surface area contributed by atoms with Gasteiger partial charge in [0.25, 0.3) is 0 Å². The highest BCUT2D eigenvalue weighted by molar-refractivity contribution is 5.79. The van der Waals surface area contributed by atoms with Crippen molar-refractivity contribution in [3.63, 3.8) is 0 Å². The molecule has 0 bridgehead atoms. The van der Waals surface area contributed by atoms with Gasteiger partial charge >= 0.3 is 0 Å². The molecule has 0 aliphatic carbocycles. The fourth-order valence-corrected chi connectivity index (χ4v) is 4.16. The minimum absolute atomic E-state index is 0.422. The van der Waals surface area contributed by atoms with Gasteiger partial charge in [-0.2, -0.15) is 0 Å². The fourth-order valence-electron chi connectivity index (χ4n) is 4.16. The molecule has 1 fully saturated rings. The summed E-state index contributed by atoms with van der Waals surface area (Å²) in [5.74, 6) is 2.34. The zero-order chi connectivity index (χ0) is 21.0. The molecule has 4 aromatic rings. The number of aryl methyl sites for hydroxylation is 1. The van der Waals surface area contributed by atoms with E-state index in [1.165, 1.54) is 5.56 Å². The lowest BCUT2D eigenvalue weighted by molar-refractivity contribution is 0.211. The summed E-state index contributed by atoms with van der Waals surface area (Å²) in [5.41, 5.74) is 3.42. The Morgan fingerprint density at radius 1 is 0.935 bits per heavy atom. The van der Waals surface area contributed by atoms with Crippen molar-refractivity contribution in [2.24, 2.45) is 7.05 Å². The van der Waals surface area contributed by atoms with Gasteiger partial charge in [-0.25, -0.2) is 15.0 Å². The first-order valence-corrected chi connectivity index (χ1v) is 10.8. The maximum Gasteiger partial charge on any atom is 0.209 e. The second-order valence-corrected chi connectivity index (χ2v) is 8.08. The van der Waals surface area contributed by atoms with Gasteiger partial charge in [-0.05, 0) is 30.5 Å². The summed E-state index contributed by atoms with van der Waals surface area (Å²) in [4.78, 5) is 16.0. The Morgan fingerprint density at radius 2 is 1.68 bits per heavy atom. The van der Waals surface area contributed by atoms with Crippen molar-refractivity contribution >= 4 is 28.6 Å². The lowest BCUT2D eigenvalue weighted by Crippen LogP contribution is -2.38. The first kappa shape index (κ1) is 19.5. The second kappa shape index (κ2) is 8.73. The summed E-state index contributed by atoms with van der Waals surface area (Å²) in [7, 11) is 2.00. The number of imidazole rings is 1. The molecule has 0 saturated carbocycles. The zero-order valence-corrected chi connectivity index (χ0v) is 17.7. The molecule has 2 aromatic carbocycles. The number of piperidine rings is 1. The topological polar surface area (TPSA) is 70.9 Å². The van der Waals surface area contributed by atoms with Crippen LogP contribution in [0.1, 0.15) is 18.4 Å². The molecule has 0 atom stereocenters. The third-order valence-electron chi connectivity index (χ3n) is 5.88. The minimum Gasteiger partial charge on any atom is -0.367 e. The first-order valence-electron chi connectivity index (χ1n) is 10.8. The Morgan fingerprint density at radius 3 is 2.48 bits per heavy atom. The number of rotatable bonds is 6. The van der Waals surface area contributed by atoms with E-state index in [1.807, 2.05) is 35.9 Å². The van der Waals surface area contributed by atoms with Gasteiger partial charge in [0.15, 0.2) is 0 Å². The van der Waals surface area contributed by atoms with E-state index in [0.717, 1.165) is 61.1 Å². The minimum atomic E-state index is 0.422. The van der Waals surface area contributed by atoms with E-state index in [4.69, 9.17) is 0 Å². The monoisotopic (exact) mass is 413 g/mol. The Balaban J connectivity index is 1.19. The molecule has 158 valence electrons. The van der Waals surface area contributed by atoms with E-state index in [9.17, 15) is 0 Å². The molecule has 0 amide bonds. The number of likely N-dealkylation sites (tertiary alicyclic amines) is 1. The van der Waals surface area contributed by atoms with Crippen molar-refractivity contribution in [1.29, 1.82) is 0 Å². The second-order valence-electron chi connectivity index (χ2n) is 8.08. The van der Waals surface area contributed by atoms with Crippen molar-refractivity contribution < 1.29 is 0 Å². The highest BCUT2D eigenvalue weighted by Gasteiger charge is 2.19. The van der Waals surface area contributed by atoms with Crippen LogP contribution in [0.3, 0.4) is 0 Å². The fraction of sp³-hybridized carbons (Fsp3) is 0.292. The van der Waals surface area contributed by atoms with Gasteiger partial charge in [-0.1, -0.05) is 42.5 Å². The molecule has 2 N–H and O–H groups in total. The summed E-state index contributed by atoms with van der Waals surface area (Å²) in [6.07, 6.45) is 3.80. The van der Waals surface area contributed by atoms with Gasteiger partial charge in [0.2, 0.25) is 5.95 Å². The standard InChI is InChI=1S/C24H27N7/c1-30-21-10-6-5-9-20(21)28-24(30)29-23-15-22(25-17-26-23)27-19-11-13-31(14-12-19)16-18-7-3-2-4-8-18/h2-10,15,17,19H,11-14,16H2,1H3,(H2,25,26,27,28,29). The Hall–Kier alpha value is -3.45. The molecule has 7 heteroatoms. The molecule has 0 spiro atoms. The van der Waals surface area contributed by atoms with Crippen LogP contribution in [0.15, 0.2) is 67.0 Å². The first-order chi connectivity index (χ1) is 15.2. The van der Waals surface area contributed by atoms with E-state index in [1.54, 1.807) is 6.33 Å². The number of hydrogen-bond acceptors (Lipinski definition) is 6. The van der Waals surface area contributed by atoms with Crippen LogP contribution in [0.2, 0.25) is 0 Å². The lowest BCUT2D eigenvalue weighted by Gasteiger charge is -2.32. The highest BCUT2D eigenvalue weighted by Crippen LogP contribution is 2.22. The zero-order valence-electron chi connectivity index (χ0n) is 17.7. The van der Waals surface area contributed by atoms with Gasteiger partial charge in [0.1, 0.15) is 18.0 Å². The van der Waals surface area contributed by atoms with Crippen molar-refractivity contribution in [2.45, 2.75) is 25.4 Å². The summed E-state index contributed by atoms with van der Waals surface area (Å²) in [5, 5.41) is 6.91. The van der Waals surface area contributed by atoms with Crippen molar-refractivity contribution in [2.75, 3.05) is 23.7 Å². The van der Waals surface area contributed by atoms with Gasteiger partial charge in [-0.3, -0.25) is 4.90 Å². The molecular weight excluding hydrogens is 386 g/mol. The average Bonchev–Trinajstić information content (AvgIpc) is 3.11. The Labute approximate surface area is 182 Å². The quantitative estimate of drug-likeness (QED) is 0.494. The van der Waals surface area contributed by atoms with Gasteiger partial charge in [-0.15, -0.1) is 0 Å². The van der Waals surface area contributed by atoms with Gasteiger partial charge in [0, 0.05) is 38.8 Å². The van der Waals surface area contributed by atoms with Crippen molar-refractivity contribution in [3.05, 3.63) is 72.6 Å². The average molecular weight is 414 g/mol. The summed E-state index contributed by atoms with van der Waals surface area (Å²) in [6.45, 7) is 3.19. The summed E-state index contributed by atoms with van der Waals surface area (Å²) >= 11 is 0. The number of para-hydroxylation sites is 2. The number of nitrogens with one attached hydrogen (secondary N) is 2. The maximum atomic E-state index is 4.66. The van der Waals surface area contributed by atoms with Crippen LogP contribution in [-0.2, 0) is 13.6 Å². The molecule has 3 heterocycles. The largest absolute Gasteiger partial charge is 0.367 e. The van der Waals surface area contributed by atoms with E-state index in [-0.39, 0.29) is 0 Å². The predicted octanol–water partition coefficient (Wildman–Crippen LogP) is 4.18. The molecule has 5 rings (SSSR count). The van der Waals surface area contributed by atoms with Crippen LogP contribution in [0.5, 0.6) is 0 Å². The molecule has 1 saturated heterocycles. The predicted molar refractivity (Wildman–Crippen MR) is 124 cm³/mol. The van der Waals surface area contributed by atoms with Crippen LogP contribution in [-0.4, -0.2) is 43.6 Å². The van der Waals surface area contributed by atoms with Crippen LogP contribution in [0.25, 0.3) is 11.0 Å². The molecule has 31 heavy (non-hydrogen) atoms. The normalized spacial score (nSPS) is 15.3. The van der Waals surface area contributed by atoms with Gasteiger partial charge in [0.05, 0.1) is 11.0 Å². The lowest BCUT2D eigenvalue weighted by atomic mass is 10.0. The SMILES string of the molecule is Cn1c(Nc2cc(NC3CCN(Cc4ccccc4)CC3)ncn2)nc2ccccc21. The van der Waals surface area contributed by atoms with Crippen molar-refractivity contribution in [3.8, 4) is 0 Å². The third-order valence-corrected chi connectivity index (χ3v) is 5.88. The van der Waals surface area contributed by atoms with Crippen LogP contribution < -0.4 is 10.6 Å². The number of aromatic nitrogens is 4. The number of nitrogens with zero attached hydrogens (tertiary/aromatic N) is 5. The molecule has 2 aromatic heterocycles. The number of anilines is 3. The van der Waals surface area contributed by atoms with Crippen LogP contribution in [0.4, 0.5) is 17.6 Å². The van der Waals surface area contributed by atoms with E-state index in [2.05, 4.69) is 66.9 Å². The molecule has 0 unspecified atom stereocenters. The molecule has 1 aliphatic rings. The number of hydrogen-bond donors (Lipinski definition) is 2. The highest BCUT2D eigenvalue weighted by atomic mass is 15.2. The van der Waals surface area contributed by atoms with E-state index in [0.29, 0.717) is 6.04 Å². The van der Waals surface area contributed by atoms with E-state index < -0.39 is 0 Å². The summed E-state index contributed by atoms with van der Waals surface area (Å²) in [6, 6.07) is 21.1. The van der Waals surface area contributed by atoms with Crippen LogP contribution >= 0.6 is 0 Å². The smallest absolute Gasteiger partial charge is 0.209 e. The third kappa shape index (κ3) is 4.51. The van der Waals surface area contributed by atoms with E-state index >= 15 is 0 Å². The van der Waals surface area contributed by atoms with Gasteiger partial charge < -0.3 is 15.2 Å². The summed E-state index contributed by atoms with van der Waals surface area (Å²) < 4.78 is 2.03. The number of fused-ring (bicyclic) bond motifs is 1. The number of benzene rings is 2. The molecule has 7 nitrogen and oxygen atoms in total. The molecule has 0 radical (unpaired) electrons. The maximum absolute atomic E-state index is 4.66. The Kier molecular flexibility index (Phi) is 5.50. The molecule has 1 aliphatic heterocycles.